The third-order valence-corrected chi connectivity index (χ3v) is 8.28. The molecule has 8 nitrogen and oxygen atoms in total. The monoisotopic (exact) mass is 546 g/mol. The van der Waals surface area contributed by atoms with Gasteiger partial charge in [-0.05, 0) is 74.4 Å². The van der Waals surface area contributed by atoms with Crippen LogP contribution in [0.25, 0.3) is 0 Å². The second kappa shape index (κ2) is 13.9. The van der Waals surface area contributed by atoms with Crippen LogP contribution in [0.1, 0.15) is 24.0 Å². The first kappa shape index (κ1) is 27.6. The van der Waals surface area contributed by atoms with Gasteiger partial charge in [0.25, 0.3) is 5.69 Å². The zero-order chi connectivity index (χ0) is 26.9. The van der Waals surface area contributed by atoms with Crippen LogP contribution in [0.3, 0.4) is 0 Å². The molecule has 3 aromatic rings. The summed E-state index contributed by atoms with van der Waals surface area (Å²) in [5.41, 5.74) is 4.37. The molecule has 2 heterocycles. The number of nitro benzene ring substituents is 1. The molecular formula is C30H38N6O2S. The predicted octanol–water partition coefficient (Wildman–Crippen LogP) is 4.76. The average molecular weight is 547 g/mol. The smallest absolute Gasteiger partial charge is 0.270 e. The van der Waals surface area contributed by atoms with Crippen molar-refractivity contribution in [2.75, 3.05) is 57.3 Å². The van der Waals surface area contributed by atoms with Crippen molar-refractivity contribution in [3.63, 3.8) is 0 Å². The topological polar surface area (TPSA) is 85.7 Å². The second-order valence-electron chi connectivity index (χ2n) is 10.1. The van der Waals surface area contributed by atoms with Crippen LogP contribution >= 0.6 is 11.8 Å². The number of nitro groups is 1. The number of rotatable bonds is 5. The molecule has 206 valence electrons. The van der Waals surface area contributed by atoms with Gasteiger partial charge in [0.1, 0.15) is 0 Å². The molecule has 3 aromatic carbocycles. The highest BCUT2D eigenvalue weighted by atomic mass is 32.2. The summed E-state index contributed by atoms with van der Waals surface area (Å²) in [5.74, 6) is 0. The Bertz CT molecular complexity index is 1200. The van der Waals surface area contributed by atoms with Crippen LogP contribution in [0.2, 0.25) is 0 Å². The number of non-ortho nitro benzene ring substituents is 1. The fraction of sp³-hybridized carbons (Fsp3) is 0.400. The summed E-state index contributed by atoms with van der Waals surface area (Å²) in [6.45, 7) is 8.99. The molecule has 1 saturated heterocycles. The SMILES string of the molecule is O=[N+]([O-])c1cc(CN2CCCNCCNCCCNCC2)cc(CN2c3ccccc3Sc3ccccc32)c1. The van der Waals surface area contributed by atoms with Crippen molar-refractivity contribution in [1.82, 2.24) is 20.9 Å². The maximum absolute atomic E-state index is 12.0. The van der Waals surface area contributed by atoms with Crippen molar-refractivity contribution in [1.29, 1.82) is 0 Å². The van der Waals surface area contributed by atoms with Crippen molar-refractivity contribution in [2.45, 2.75) is 35.7 Å². The fourth-order valence-corrected chi connectivity index (χ4v) is 6.34. The molecule has 5 rings (SSSR count). The summed E-state index contributed by atoms with van der Waals surface area (Å²) >= 11 is 1.77. The average Bonchev–Trinajstić information content (AvgIpc) is 2.95. The number of nitrogens with one attached hydrogen (secondary N) is 3. The molecule has 1 fully saturated rings. The first-order chi connectivity index (χ1) is 19.2. The lowest BCUT2D eigenvalue weighted by atomic mass is 10.1. The van der Waals surface area contributed by atoms with Gasteiger partial charge in [-0.1, -0.05) is 42.1 Å². The van der Waals surface area contributed by atoms with E-state index in [1.807, 2.05) is 0 Å². The molecule has 2 aliphatic heterocycles. The maximum atomic E-state index is 12.0. The number of nitrogens with zero attached hydrogens (tertiary/aromatic N) is 3. The summed E-state index contributed by atoms with van der Waals surface area (Å²) in [6, 6.07) is 22.4. The molecule has 0 saturated carbocycles. The lowest BCUT2D eigenvalue weighted by molar-refractivity contribution is -0.385. The second-order valence-corrected chi connectivity index (χ2v) is 11.2. The Morgan fingerprint density at radius 2 is 1.31 bits per heavy atom. The minimum atomic E-state index is -0.261. The van der Waals surface area contributed by atoms with Crippen LogP contribution in [-0.4, -0.2) is 62.2 Å². The van der Waals surface area contributed by atoms with Crippen molar-refractivity contribution in [2.24, 2.45) is 0 Å². The zero-order valence-corrected chi connectivity index (χ0v) is 23.2. The highest BCUT2D eigenvalue weighted by Gasteiger charge is 2.24. The summed E-state index contributed by atoms with van der Waals surface area (Å²) in [4.78, 5) is 18.8. The van der Waals surface area contributed by atoms with E-state index in [2.05, 4.69) is 80.3 Å². The lowest BCUT2D eigenvalue weighted by Gasteiger charge is -2.33. The number of hydrogen-bond donors (Lipinski definition) is 3. The van der Waals surface area contributed by atoms with Gasteiger partial charge in [-0.25, -0.2) is 0 Å². The molecule has 0 aromatic heterocycles. The highest BCUT2D eigenvalue weighted by molar-refractivity contribution is 7.99. The van der Waals surface area contributed by atoms with Crippen molar-refractivity contribution < 1.29 is 4.92 Å². The van der Waals surface area contributed by atoms with E-state index in [-0.39, 0.29) is 10.6 Å². The van der Waals surface area contributed by atoms with Crippen LogP contribution in [0.5, 0.6) is 0 Å². The van der Waals surface area contributed by atoms with E-state index < -0.39 is 0 Å². The molecular weight excluding hydrogens is 508 g/mol. The standard InChI is InChI=1S/C30H38N6O2S/c37-36(38)26-20-24(22-34-17-6-13-32-15-14-31-11-5-12-33-16-18-34)19-25(21-26)23-35-27-7-1-3-9-29(27)39-30-10-4-2-8-28(30)35/h1-4,7-10,19-21,31-33H,5-6,11-18,22-23H2. The van der Waals surface area contributed by atoms with Crippen LogP contribution in [-0.2, 0) is 13.1 Å². The summed E-state index contributed by atoms with van der Waals surface area (Å²) in [6.07, 6.45) is 2.15. The molecule has 0 spiro atoms. The fourth-order valence-electron chi connectivity index (χ4n) is 5.25. The minimum absolute atomic E-state index is 0.157. The largest absolute Gasteiger partial charge is 0.335 e. The van der Waals surface area contributed by atoms with E-state index in [4.69, 9.17) is 0 Å². The van der Waals surface area contributed by atoms with E-state index in [0.29, 0.717) is 13.1 Å². The number of fused-ring (bicyclic) bond motifs is 2. The zero-order valence-electron chi connectivity index (χ0n) is 22.4. The highest BCUT2D eigenvalue weighted by Crippen LogP contribution is 2.48. The predicted molar refractivity (Wildman–Crippen MR) is 159 cm³/mol. The number of benzene rings is 3. The van der Waals surface area contributed by atoms with Crippen LogP contribution in [0.4, 0.5) is 17.1 Å². The summed E-state index contributed by atoms with van der Waals surface area (Å²) in [7, 11) is 0. The Hall–Kier alpha value is -2.95. The third-order valence-electron chi connectivity index (χ3n) is 7.15. The van der Waals surface area contributed by atoms with Gasteiger partial charge < -0.3 is 20.9 Å². The molecule has 0 aliphatic carbocycles. The summed E-state index contributed by atoms with van der Waals surface area (Å²) < 4.78 is 0. The molecule has 9 heteroatoms. The van der Waals surface area contributed by atoms with E-state index in [1.165, 1.54) is 9.79 Å². The first-order valence-corrected chi connectivity index (χ1v) is 14.7. The molecule has 0 atom stereocenters. The molecule has 3 N–H and O–H groups in total. The van der Waals surface area contributed by atoms with Gasteiger partial charge in [-0.15, -0.1) is 0 Å². The molecule has 0 amide bonds. The van der Waals surface area contributed by atoms with Gasteiger partial charge in [0.05, 0.1) is 16.3 Å². The van der Waals surface area contributed by atoms with Crippen LogP contribution < -0.4 is 20.9 Å². The lowest BCUT2D eigenvalue weighted by Crippen LogP contribution is -2.36. The molecule has 0 bridgehead atoms. The van der Waals surface area contributed by atoms with Crippen molar-refractivity contribution in [3.05, 3.63) is 88.0 Å². The van der Waals surface area contributed by atoms with E-state index >= 15 is 0 Å². The Balaban J connectivity index is 1.37. The van der Waals surface area contributed by atoms with Crippen LogP contribution in [0, 0.1) is 10.1 Å². The van der Waals surface area contributed by atoms with E-state index in [0.717, 1.165) is 87.7 Å². The minimum Gasteiger partial charge on any atom is -0.335 e. The van der Waals surface area contributed by atoms with Gasteiger partial charge in [0.2, 0.25) is 0 Å². The Morgan fingerprint density at radius 1 is 0.718 bits per heavy atom. The summed E-state index contributed by atoms with van der Waals surface area (Å²) in [5, 5.41) is 22.5. The normalized spacial score (nSPS) is 17.6. The number of hydrogen-bond acceptors (Lipinski definition) is 8. The van der Waals surface area contributed by atoms with Gasteiger partial charge in [-0.2, -0.15) is 0 Å². The van der Waals surface area contributed by atoms with Gasteiger partial charge in [0.15, 0.2) is 0 Å². The Kier molecular flexibility index (Phi) is 9.85. The molecule has 0 unspecified atom stereocenters. The molecule has 2 aliphatic rings. The number of para-hydroxylation sites is 2. The van der Waals surface area contributed by atoms with Crippen molar-refractivity contribution >= 4 is 28.8 Å². The van der Waals surface area contributed by atoms with E-state index in [9.17, 15) is 10.1 Å². The quantitative estimate of drug-likeness (QED) is 0.312. The van der Waals surface area contributed by atoms with Gasteiger partial charge in [-0.3, -0.25) is 15.0 Å². The number of anilines is 2. The van der Waals surface area contributed by atoms with Crippen molar-refractivity contribution in [3.8, 4) is 0 Å². The molecule has 39 heavy (non-hydrogen) atoms. The Labute approximate surface area is 235 Å². The third kappa shape index (κ3) is 7.58. The van der Waals surface area contributed by atoms with Crippen LogP contribution in [0.15, 0.2) is 76.5 Å². The molecule has 0 radical (unpaired) electrons. The Morgan fingerprint density at radius 3 is 1.97 bits per heavy atom. The maximum Gasteiger partial charge on any atom is 0.270 e. The van der Waals surface area contributed by atoms with E-state index in [1.54, 1.807) is 23.9 Å². The van der Waals surface area contributed by atoms with Gasteiger partial charge in [0, 0.05) is 61.2 Å². The van der Waals surface area contributed by atoms with Gasteiger partial charge >= 0.3 is 0 Å². The first-order valence-electron chi connectivity index (χ1n) is 13.9.